The zero-order chi connectivity index (χ0) is 28.3. The Balaban J connectivity index is 1.41. The second-order valence-electron chi connectivity index (χ2n) is 11.9. The molecule has 0 atom stereocenters. The van der Waals surface area contributed by atoms with Gasteiger partial charge in [-0.3, -0.25) is 0 Å². The molecule has 6 aromatic rings. The van der Waals surface area contributed by atoms with Crippen LogP contribution in [0.2, 0.25) is 0 Å². The fourth-order valence-corrected chi connectivity index (χ4v) is 7.41. The van der Waals surface area contributed by atoms with Crippen molar-refractivity contribution in [1.82, 2.24) is 0 Å². The summed E-state index contributed by atoms with van der Waals surface area (Å²) in [6.07, 6.45) is 0. The Bertz CT molecular complexity index is 1850. The molecular weight excluding hydrogens is 508 g/mol. The Labute approximate surface area is 247 Å². The van der Waals surface area contributed by atoms with Crippen molar-refractivity contribution in [1.29, 1.82) is 0 Å². The van der Waals surface area contributed by atoms with Crippen molar-refractivity contribution in [3.63, 3.8) is 0 Å². The molecule has 2 aliphatic rings. The molecule has 202 valence electrons. The molecule has 2 aliphatic heterocycles. The summed E-state index contributed by atoms with van der Waals surface area (Å²) in [6, 6.07) is 55.5. The highest BCUT2D eigenvalue weighted by molar-refractivity contribution is 5.90. The molecule has 2 heteroatoms. The van der Waals surface area contributed by atoms with E-state index < -0.39 is 5.41 Å². The second kappa shape index (κ2) is 9.22. The lowest BCUT2D eigenvalue weighted by molar-refractivity contribution is 0.638. The average Bonchev–Trinajstić information content (AvgIpc) is 3.04. The molecule has 0 bridgehead atoms. The third kappa shape index (κ3) is 3.39. The minimum absolute atomic E-state index is 0.139. The van der Waals surface area contributed by atoms with Gasteiger partial charge in [-0.05, 0) is 69.8 Å². The second-order valence-corrected chi connectivity index (χ2v) is 11.9. The quantitative estimate of drug-likeness (QED) is 0.240. The minimum Gasteiger partial charge on any atom is -0.355 e. The lowest BCUT2D eigenvalue weighted by atomic mass is 9.62. The smallest absolute Gasteiger partial charge is 0.0742 e. The average molecular weight is 541 g/mol. The summed E-state index contributed by atoms with van der Waals surface area (Å²) in [6.45, 7) is 4.67. The Morgan fingerprint density at radius 2 is 0.929 bits per heavy atom. The SMILES string of the molecule is CC1(C)c2ccccc2Nc2ccc(N3c4ccccc4C(c4ccccc4)(c4ccccc4)c4ccccc43)cc21. The Morgan fingerprint density at radius 1 is 0.452 bits per heavy atom. The van der Waals surface area contributed by atoms with Crippen LogP contribution in [0.5, 0.6) is 0 Å². The number of para-hydroxylation sites is 3. The van der Waals surface area contributed by atoms with Crippen molar-refractivity contribution in [2.75, 3.05) is 10.2 Å². The maximum Gasteiger partial charge on any atom is 0.0742 e. The number of benzene rings is 6. The van der Waals surface area contributed by atoms with Crippen LogP contribution < -0.4 is 10.2 Å². The lowest BCUT2D eigenvalue weighted by Gasteiger charge is -2.46. The minimum atomic E-state index is -0.458. The lowest BCUT2D eigenvalue weighted by Crippen LogP contribution is -2.37. The molecule has 42 heavy (non-hydrogen) atoms. The highest BCUT2D eigenvalue weighted by atomic mass is 15.2. The molecule has 2 heterocycles. The number of anilines is 5. The largest absolute Gasteiger partial charge is 0.355 e. The van der Waals surface area contributed by atoms with Crippen molar-refractivity contribution in [2.24, 2.45) is 0 Å². The van der Waals surface area contributed by atoms with Crippen LogP contribution in [0.25, 0.3) is 0 Å². The summed E-state index contributed by atoms with van der Waals surface area (Å²) in [5.41, 5.74) is 13.0. The van der Waals surface area contributed by atoms with E-state index in [9.17, 15) is 0 Å². The first-order valence-electron chi connectivity index (χ1n) is 14.7. The van der Waals surface area contributed by atoms with E-state index in [1.807, 2.05) is 0 Å². The molecule has 0 saturated carbocycles. The maximum atomic E-state index is 3.70. The van der Waals surface area contributed by atoms with Crippen LogP contribution in [0.3, 0.4) is 0 Å². The van der Waals surface area contributed by atoms with E-state index in [-0.39, 0.29) is 5.41 Å². The molecule has 6 aromatic carbocycles. The Kier molecular flexibility index (Phi) is 5.42. The molecule has 0 fully saturated rings. The summed E-state index contributed by atoms with van der Waals surface area (Å²) in [5, 5.41) is 3.70. The zero-order valence-corrected chi connectivity index (χ0v) is 23.9. The fourth-order valence-electron chi connectivity index (χ4n) is 7.41. The number of hydrogen-bond donors (Lipinski definition) is 1. The van der Waals surface area contributed by atoms with Crippen LogP contribution in [-0.4, -0.2) is 0 Å². The van der Waals surface area contributed by atoms with E-state index in [1.54, 1.807) is 0 Å². The zero-order valence-electron chi connectivity index (χ0n) is 23.9. The molecular formula is C40H32N2. The van der Waals surface area contributed by atoms with E-state index in [2.05, 4.69) is 176 Å². The number of nitrogens with zero attached hydrogens (tertiary/aromatic N) is 1. The monoisotopic (exact) mass is 540 g/mol. The van der Waals surface area contributed by atoms with Crippen LogP contribution in [-0.2, 0) is 10.8 Å². The van der Waals surface area contributed by atoms with Crippen LogP contribution in [0.4, 0.5) is 28.4 Å². The fraction of sp³-hybridized carbons (Fsp3) is 0.100. The molecule has 0 unspecified atom stereocenters. The van der Waals surface area contributed by atoms with Gasteiger partial charge in [0, 0.05) is 22.5 Å². The molecule has 0 radical (unpaired) electrons. The van der Waals surface area contributed by atoms with Gasteiger partial charge in [-0.25, -0.2) is 0 Å². The normalized spacial score (nSPS) is 15.4. The topological polar surface area (TPSA) is 15.3 Å². The molecule has 2 nitrogen and oxygen atoms in total. The van der Waals surface area contributed by atoms with Crippen molar-refractivity contribution in [3.8, 4) is 0 Å². The molecule has 0 aromatic heterocycles. The van der Waals surface area contributed by atoms with Gasteiger partial charge in [0.15, 0.2) is 0 Å². The summed E-state index contributed by atoms with van der Waals surface area (Å²) < 4.78 is 0. The maximum absolute atomic E-state index is 3.70. The first-order chi connectivity index (χ1) is 20.6. The third-order valence-corrected chi connectivity index (χ3v) is 9.32. The van der Waals surface area contributed by atoms with Gasteiger partial charge in [0.05, 0.1) is 16.8 Å². The molecule has 0 spiro atoms. The van der Waals surface area contributed by atoms with Crippen LogP contribution in [0.15, 0.2) is 152 Å². The van der Waals surface area contributed by atoms with Crippen LogP contribution >= 0.6 is 0 Å². The summed E-state index contributed by atoms with van der Waals surface area (Å²) >= 11 is 0. The van der Waals surface area contributed by atoms with Crippen molar-refractivity contribution in [2.45, 2.75) is 24.7 Å². The highest BCUT2D eigenvalue weighted by Crippen LogP contribution is 2.58. The Hall–Kier alpha value is -5.08. The van der Waals surface area contributed by atoms with Crippen LogP contribution in [0, 0.1) is 0 Å². The Morgan fingerprint density at radius 3 is 1.52 bits per heavy atom. The van der Waals surface area contributed by atoms with E-state index in [0.717, 1.165) is 5.69 Å². The molecule has 0 amide bonds. The molecule has 1 N–H and O–H groups in total. The number of rotatable bonds is 3. The van der Waals surface area contributed by atoms with Gasteiger partial charge in [0.2, 0.25) is 0 Å². The molecule has 0 saturated heterocycles. The van der Waals surface area contributed by atoms with Gasteiger partial charge < -0.3 is 10.2 Å². The predicted octanol–water partition coefficient (Wildman–Crippen LogP) is 10.2. The standard InChI is InChI=1S/C40H32N2/c1-39(2)31-19-9-12-22-35(31)41-36-26-25-30(27-34(36)39)42-37-23-13-10-20-32(37)40(28-15-5-3-6-16-28,29-17-7-4-8-18-29)33-21-11-14-24-38(33)42/h3-27,41H,1-2H3. The van der Waals surface area contributed by atoms with Gasteiger partial charge in [0.25, 0.3) is 0 Å². The highest BCUT2D eigenvalue weighted by Gasteiger charge is 2.46. The van der Waals surface area contributed by atoms with Crippen molar-refractivity contribution >= 4 is 28.4 Å². The first kappa shape index (κ1) is 24.7. The van der Waals surface area contributed by atoms with E-state index in [1.165, 1.54) is 56.1 Å². The summed E-state index contributed by atoms with van der Waals surface area (Å²) in [7, 11) is 0. The van der Waals surface area contributed by atoms with Crippen LogP contribution in [0.1, 0.15) is 47.2 Å². The first-order valence-corrected chi connectivity index (χ1v) is 14.7. The molecule has 0 aliphatic carbocycles. The van der Waals surface area contributed by atoms with Crippen molar-refractivity contribution in [3.05, 3.63) is 185 Å². The van der Waals surface area contributed by atoms with Gasteiger partial charge in [-0.2, -0.15) is 0 Å². The van der Waals surface area contributed by atoms with Gasteiger partial charge in [-0.1, -0.05) is 129 Å². The molecule has 8 rings (SSSR count). The summed E-state index contributed by atoms with van der Waals surface area (Å²) in [4.78, 5) is 2.46. The number of nitrogens with one attached hydrogen (secondary N) is 1. The predicted molar refractivity (Wildman–Crippen MR) is 175 cm³/mol. The van der Waals surface area contributed by atoms with E-state index in [0.29, 0.717) is 0 Å². The number of fused-ring (bicyclic) bond motifs is 4. The summed E-state index contributed by atoms with van der Waals surface area (Å²) in [5.74, 6) is 0. The van der Waals surface area contributed by atoms with Gasteiger partial charge >= 0.3 is 0 Å². The number of hydrogen-bond acceptors (Lipinski definition) is 2. The van der Waals surface area contributed by atoms with Gasteiger partial charge in [0.1, 0.15) is 0 Å². The van der Waals surface area contributed by atoms with Crippen molar-refractivity contribution < 1.29 is 0 Å². The van der Waals surface area contributed by atoms with E-state index >= 15 is 0 Å². The third-order valence-electron chi connectivity index (χ3n) is 9.32. The van der Waals surface area contributed by atoms with E-state index in [4.69, 9.17) is 0 Å². The van der Waals surface area contributed by atoms with Gasteiger partial charge in [-0.15, -0.1) is 0 Å².